The van der Waals surface area contributed by atoms with Gasteiger partial charge in [-0.25, -0.2) is 4.98 Å². The standard InChI is InChI=1S/C17H16F2N2O3/c18-17(19)24-13-7-4-10-20-15(13)21-16(22)14-9-8-12(23-14)11-5-2-1-3-6-11/h1-7,10,12,14,17H,8-9H2,(H,20,21,22)/t12-,14+/m0/s1. The van der Waals surface area contributed by atoms with Gasteiger partial charge in [0, 0.05) is 6.20 Å². The summed E-state index contributed by atoms with van der Waals surface area (Å²) in [5, 5.41) is 2.50. The van der Waals surface area contributed by atoms with E-state index in [9.17, 15) is 13.6 Å². The number of anilines is 1. The highest BCUT2D eigenvalue weighted by Gasteiger charge is 2.32. The summed E-state index contributed by atoms with van der Waals surface area (Å²) in [6, 6.07) is 12.4. The molecule has 0 unspecified atom stereocenters. The molecule has 0 spiro atoms. The van der Waals surface area contributed by atoms with Crippen LogP contribution in [0, 0.1) is 0 Å². The van der Waals surface area contributed by atoms with Gasteiger partial charge in [0.25, 0.3) is 5.91 Å². The third kappa shape index (κ3) is 3.86. The fraction of sp³-hybridized carbons (Fsp3) is 0.294. The second kappa shape index (κ2) is 7.35. The van der Waals surface area contributed by atoms with Crippen molar-refractivity contribution in [3.05, 3.63) is 54.2 Å². The lowest BCUT2D eigenvalue weighted by Gasteiger charge is -2.15. The van der Waals surface area contributed by atoms with Gasteiger partial charge in [0.2, 0.25) is 0 Å². The SMILES string of the molecule is O=C(Nc1ncccc1OC(F)F)[C@H]1CC[C@@H](c2ccccc2)O1. The van der Waals surface area contributed by atoms with E-state index < -0.39 is 18.6 Å². The Labute approximate surface area is 137 Å². The van der Waals surface area contributed by atoms with E-state index >= 15 is 0 Å². The Morgan fingerprint density at radius 1 is 1.21 bits per heavy atom. The molecule has 1 fully saturated rings. The van der Waals surface area contributed by atoms with Gasteiger partial charge in [0.15, 0.2) is 11.6 Å². The Bertz CT molecular complexity index is 697. The number of ether oxygens (including phenoxy) is 2. The van der Waals surface area contributed by atoms with E-state index in [-0.39, 0.29) is 17.7 Å². The summed E-state index contributed by atoms with van der Waals surface area (Å²) in [7, 11) is 0. The first-order valence-electron chi connectivity index (χ1n) is 7.54. The number of hydrogen-bond acceptors (Lipinski definition) is 4. The van der Waals surface area contributed by atoms with Gasteiger partial charge in [-0.15, -0.1) is 0 Å². The Balaban J connectivity index is 1.64. The van der Waals surface area contributed by atoms with Crippen molar-refractivity contribution in [1.82, 2.24) is 4.98 Å². The van der Waals surface area contributed by atoms with E-state index in [4.69, 9.17) is 4.74 Å². The molecule has 3 rings (SSSR count). The third-order valence-corrected chi connectivity index (χ3v) is 3.71. The van der Waals surface area contributed by atoms with Crippen LogP contribution in [0.1, 0.15) is 24.5 Å². The van der Waals surface area contributed by atoms with Crippen LogP contribution in [0.4, 0.5) is 14.6 Å². The van der Waals surface area contributed by atoms with Crippen molar-refractivity contribution in [3.63, 3.8) is 0 Å². The molecule has 0 bridgehead atoms. The number of rotatable bonds is 5. The van der Waals surface area contributed by atoms with Crippen LogP contribution in [-0.4, -0.2) is 23.6 Å². The summed E-state index contributed by atoms with van der Waals surface area (Å²) in [6.07, 6.45) is 1.84. The first-order valence-corrected chi connectivity index (χ1v) is 7.54. The molecule has 0 radical (unpaired) electrons. The average molecular weight is 334 g/mol. The lowest BCUT2D eigenvalue weighted by molar-refractivity contribution is -0.126. The Hall–Kier alpha value is -2.54. The Morgan fingerprint density at radius 2 is 2.00 bits per heavy atom. The van der Waals surface area contributed by atoms with Crippen molar-refractivity contribution in [2.75, 3.05) is 5.32 Å². The van der Waals surface area contributed by atoms with Crippen LogP contribution in [0.3, 0.4) is 0 Å². The quantitative estimate of drug-likeness (QED) is 0.908. The van der Waals surface area contributed by atoms with Gasteiger partial charge in [0.1, 0.15) is 6.10 Å². The number of nitrogens with zero attached hydrogens (tertiary/aromatic N) is 1. The lowest BCUT2D eigenvalue weighted by atomic mass is 10.1. The summed E-state index contributed by atoms with van der Waals surface area (Å²) in [5.41, 5.74) is 1.01. The summed E-state index contributed by atoms with van der Waals surface area (Å²) >= 11 is 0. The monoisotopic (exact) mass is 334 g/mol. The van der Waals surface area contributed by atoms with Crippen LogP contribution in [0.25, 0.3) is 0 Å². The van der Waals surface area contributed by atoms with Gasteiger partial charge in [0.05, 0.1) is 6.10 Å². The molecule has 1 aliphatic heterocycles. The maximum atomic E-state index is 12.4. The van der Waals surface area contributed by atoms with Gasteiger partial charge < -0.3 is 14.8 Å². The molecule has 2 heterocycles. The molecule has 2 aromatic rings. The van der Waals surface area contributed by atoms with E-state index in [1.807, 2.05) is 30.3 Å². The molecule has 1 aromatic carbocycles. The highest BCUT2D eigenvalue weighted by molar-refractivity contribution is 5.94. The van der Waals surface area contributed by atoms with E-state index in [0.29, 0.717) is 12.8 Å². The number of pyridine rings is 1. The first kappa shape index (κ1) is 16.3. The third-order valence-electron chi connectivity index (χ3n) is 3.71. The largest absolute Gasteiger partial charge is 0.431 e. The summed E-state index contributed by atoms with van der Waals surface area (Å²) < 4.78 is 34.9. The van der Waals surface area contributed by atoms with Gasteiger partial charge in [-0.3, -0.25) is 4.79 Å². The van der Waals surface area contributed by atoms with Crippen molar-refractivity contribution in [2.45, 2.75) is 31.7 Å². The molecule has 1 saturated heterocycles. The van der Waals surface area contributed by atoms with Crippen molar-refractivity contribution in [1.29, 1.82) is 0 Å². The Kier molecular flexibility index (Phi) is 5.00. The number of halogens is 2. The molecule has 1 aliphatic rings. The predicted molar refractivity (Wildman–Crippen MR) is 82.8 cm³/mol. The molecule has 126 valence electrons. The molecule has 7 heteroatoms. The zero-order valence-corrected chi connectivity index (χ0v) is 12.7. The van der Waals surface area contributed by atoms with E-state index in [2.05, 4.69) is 15.0 Å². The number of carbonyl (C=O) groups is 1. The number of amides is 1. The molecule has 2 atom stereocenters. The van der Waals surface area contributed by atoms with Crippen LogP contribution in [0.15, 0.2) is 48.7 Å². The average Bonchev–Trinajstić information content (AvgIpc) is 3.07. The first-order chi connectivity index (χ1) is 11.6. The van der Waals surface area contributed by atoms with E-state index in [0.717, 1.165) is 5.56 Å². The lowest BCUT2D eigenvalue weighted by Crippen LogP contribution is -2.28. The fourth-order valence-corrected chi connectivity index (χ4v) is 2.62. The van der Waals surface area contributed by atoms with Crippen LogP contribution >= 0.6 is 0 Å². The van der Waals surface area contributed by atoms with Crippen molar-refractivity contribution in [2.24, 2.45) is 0 Å². The topological polar surface area (TPSA) is 60.5 Å². The second-order valence-corrected chi connectivity index (χ2v) is 5.32. The van der Waals surface area contributed by atoms with Crippen molar-refractivity contribution >= 4 is 11.7 Å². The molecular weight excluding hydrogens is 318 g/mol. The van der Waals surface area contributed by atoms with Gasteiger partial charge in [-0.05, 0) is 30.5 Å². The summed E-state index contributed by atoms with van der Waals surface area (Å²) in [6.45, 7) is -2.99. The molecule has 1 amide bonds. The molecule has 24 heavy (non-hydrogen) atoms. The zero-order chi connectivity index (χ0) is 16.9. The van der Waals surface area contributed by atoms with Crippen LogP contribution in [0.5, 0.6) is 5.75 Å². The molecule has 1 aromatic heterocycles. The number of carbonyl (C=O) groups excluding carboxylic acids is 1. The maximum Gasteiger partial charge on any atom is 0.387 e. The van der Waals surface area contributed by atoms with Crippen LogP contribution < -0.4 is 10.1 Å². The van der Waals surface area contributed by atoms with E-state index in [1.165, 1.54) is 18.3 Å². The fourth-order valence-electron chi connectivity index (χ4n) is 2.62. The molecule has 1 N–H and O–H groups in total. The number of aromatic nitrogens is 1. The van der Waals surface area contributed by atoms with E-state index in [1.54, 1.807) is 0 Å². The highest BCUT2D eigenvalue weighted by atomic mass is 19.3. The number of benzene rings is 1. The minimum absolute atomic E-state index is 0.0467. The molecular formula is C17H16F2N2O3. The van der Waals surface area contributed by atoms with Crippen LogP contribution in [-0.2, 0) is 9.53 Å². The number of hydrogen-bond donors (Lipinski definition) is 1. The minimum Gasteiger partial charge on any atom is -0.431 e. The zero-order valence-electron chi connectivity index (χ0n) is 12.7. The second-order valence-electron chi connectivity index (χ2n) is 5.32. The van der Waals surface area contributed by atoms with Crippen LogP contribution in [0.2, 0.25) is 0 Å². The normalized spacial score (nSPS) is 20.1. The molecule has 0 saturated carbocycles. The van der Waals surface area contributed by atoms with Gasteiger partial charge >= 0.3 is 6.61 Å². The van der Waals surface area contributed by atoms with Gasteiger partial charge in [-0.2, -0.15) is 8.78 Å². The Morgan fingerprint density at radius 3 is 2.75 bits per heavy atom. The smallest absolute Gasteiger partial charge is 0.387 e. The minimum atomic E-state index is -2.99. The highest BCUT2D eigenvalue weighted by Crippen LogP contribution is 2.33. The predicted octanol–water partition coefficient (Wildman–Crippen LogP) is 3.54. The molecule has 0 aliphatic carbocycles. The van der Waals surface area contributed by atoms with Crippen molar-refractivity contribution < 1.29 is 23.0 Å². The summed E-state index contributed by atoms with van der Waals surface area (Å²) in [4.78, 5) is 16.2. The number of nitrogens with one attached hydrogen (secondary N) is 1. The number of alkyl halides is 2. The van der Waals surface area contributed by atoms with Crippen molar-refractivity contribution in [3.8, 4) is 5.75 Å². The molecule has 5 nitrogen and oxygen atoms in total. The van der Waals surface area contributed by atoms with Gasteiger partial charge in [-0.1, -0.05) is 30.3 Å². The summed E-state index contributed by atoms with van der Waals surface area (Å²) in [5.74, 6) is -0.653. The maximum absolute atomic E-state index is 12.4.